The van der Waals surface area contributed by atoms with Gasteiger partial charge in [-0.2, -0.15) is 13.4 Å². The maximum atomic E-state index is 13.3. The fourth-order valence-electron chi connectivity index (χ4n) is 3.42. The third-order valence-corrected chi connectivity index (χ3v) is 8.03. The van der Waals surface area contributed by atoms with Crippen LogP contribution in [0, 0.1) is 17.6 Å². The second-order valence-corrected chi connectivity index (χ2v) is 11.7. The van der Waals surface area contributed by atoms with Crippen LogP contribution in [0.2, 0.25) is 0 Å². The lowest BCUT2D eigenvalue weighted by atomic mass is 10.0. The molecule has 0 spiro atoms. The second-order valence-electron chi connectivity index (χ2n) is 8.48. The van der Waals surface area contributed by atoms with Gasteiger partial charge in [0.15, 0.2) is 5.82 Å². The van der Waals surface area contributed by atoms with Crippen LogP contribution < -0.4 is 8.91 Å². The highest BCUT2D eigenvalue weighted by atomic mass is 32.2. The lowest BCUT2D eigenvalue weighted by Crippen LogP contribution is -2.32. The molecule has 0 aliphatic heterocycles. The van der Waals surface area contributed by atoms with Crippen molar-refractivity contribution in [1.82, 2.24) is 19.7 Å². The maximum absolute atomic E-state index is 13.3. The van der Waals surface area contributed by atoms with Crippen LogP contribution in [0.1, 0.15) is 25.6 Å². The van der Waals surface area contributed by atoms with Crippen LogP contribution in [0.5, 0.6) is 5.88 Å². The zero-order valence-corrected chi connectivity index (χ0v) is 21.7. The van der Waals surface area contributed by atoms with Crippen LogP contribution in [-0.4, -0.2) is 31.8 Å². The van der Waals surface area contributed by atoms with Crippen LogP contribution in [0.3, 0.4) is 0 Å². The van der Waals surface area contributed by atoms with Gasteiger partial charge < -0.3 is 4.18 Å². The lowest BCUT2D eigenvalue weighted by molar-refractivity contribution is 0.446. The number of hydrogen-bond donors (Lipinski definition) is 1. The van der Waals surface area contributed by atoms with E-state index in [1.54, 1.807) is 26.0 Å². The molecule has 38 heavy (non-hydrogen) atoms. The molecule has 0 aliphatic carbocycles. The van der Waals surface area contributed by atoms with Crippen LogP contribution in [0.4, 0.5) is 8.78 Å². The predicted molar refractivity (Wildman–Crippen MR) is 134 cm³/mol. The Hall–Kier alpha value is -3.81. The molecule has 2 aromatic heterocycles. The van der Waals surface area contributed by atoms with Gasteiger partial charge in [0.2, 0.25) is 15.9 Å². The lowest BCUT2D eigenvalue weighted by Gasteiger charge is -2.23. The first-order valence-corrected chi connectivity index (χ1v) is 14.1. The molecule has 2 aromatic carbocycles. The Bertz CT molecular complexity index is 1630. The van der Waals surface area contributed by atoms with E-state index in [0.717, 1.165) is 48.5 Å². The number of sulfonamides is 1. The Balaban J connectivity index is 1.78. The van der Waals surface area contributed by atoms with E-state index in [4.69, 9.17) is 4.18 Å². The van der Waals surface area contributed by atoms with E-state index < -0.39 is 37.8 Å². The van der Waals surface area contributed by atoms with E-state index in [0.29, 0.717) is 5.56 Å². The number of rotatable bonds is 9. The molecule has 0 saturated heterocycles. The molecule has 0 unspecified atom stereocenters. The van der Waals surface area contributed by atoms with Crippen molar-refractivity contribution in [2.45, 2.75) is 29.7 Å². The highest BCUT2D eigenvalue weighted by molar-refractivity contribution is 7.89. The van der Waals surface area contributed by atoms with Crippen LogP contribution in [-0.2, 0) is 20.1 Å². The SMILES string of the molecule is CC(C)[C@H](NS(=O)(=O)c1ccc(F)cc1)c1cc(OS(=O)(=O)c2ccc(F)cc2)nc(-c2cccnc2)n1. The smallest absolute Gasteiger partial charge is 0.340 e. The number of nitrogens with zero attached hydrogens (tertiary/aromatic N) is 3. The zero-order valence-electron chi connectivity index (χ0n) is 20.1. The van der Waals surface area contributed by atoms with E-state index in [9.17, 15) is 25.6 Å². The molecule has 0 aliphatic rings. The number of aromatic nitrogens is 3. The van der Waals surface area contributed by atoms with Gasteiger partial charge in [-0.25, -0.2) is 26.9 Å². The number of hydrogen-bond acceptors (Lipinski definition) is 8. The average Bonchev–Trinajstić information content (AvgIpc) is 2.88. The Morgan fingerprint density at radius 1 is 0.842 bits per heavy atom. The van der Waals surface area contributed by atoms with Crippen molar-refractivity contribution >= 4 is 20.1 Å². The van der Waals surface area contributed by atoms with Crippen molar-refractivity contribution in [2.75, 3.05) is 0 Å². The molecule has 1 N–H and O–H groups in total. The molecule has 198 valence electrons. The molecule has 1 atom stereocenters. The molecule has 4 aromatic rings. The molecule has 0 fully saturated rings. The maximum Gasteiger partial charge on any atom is 0.340 e. The van der Waals surface area contributed by atoms with Crippen LogP contribution in [0.25, 0.3) is 11.4 Å². The van der Waals surface area contributed by atoms with Gasteiger partial charge in [-0.05, 0) is 66.6 Å². The number of nitrogens with one attached hydrogen (secondary N) is 1. The van der Waals surface area contributed by atoms with Crippen molar-refractivity contribution < 1.29 is 29.8 Å². The van der Waals surface area contributed by atoms with Gasteiger partial charge in [0.25, 0.3) is 0 Å². The Morgan fingerprint density at radius 3 is 2.00 bits per heavy atom. The van der Waals surface area contributed by atoms with Gasteiger partial charge in [0, 0.05) is 24.0 Å². The van der Waals surface area contributed by atoms with E-state index in [1.807, 2.05) is 0 Å². The molecule has 0 amide bonds. The molecule has 0 bridgehead atoms. The third kappa shape index (κ3) is 6.36. The summed E-state index contributed by atoms with van der Waals surface area (Å²) in [5.74, 6) is -1.94. The highest BCUT2D eigenvalue weighted by Gasteiger charge is 2.28. The second kappa shape index (κ2) is 10.9. The summed E-state index contributed by atoms with van der Waals surface area (Å²) in [7, 11) is -8.55. The Kier molecular flexibility index (Phi) is 7.81. The van der Waals surface area contributed by atoms with E-state index in [-0.39, 0.29) is 33.1 Å². The monoisotopic (exact) mass is 560 g/mol. The largest absolute Gasteiger partial charge is 0.358 e. The van der Waals surface area contributed by atoms with Gasteiger partial charge in [-0.3, -0.25) is 4.98 Å². The normalized spacial score (nSPS) is 12.9. The molecule has 13 heteroatoms. The summed E-state index contributed by atoms with van der Waals surface area (Å²) in [4.78, 5) is 12.2. The highest BCUT2D eigenvalue weighted by Crippen LogP contribution is 2.29. The third-order valence-electron chi connectivity index (χ3n) is 5.33. The number of halogens is 2. The minimum atomic E-state index is -4.42. The van der Waals surface area contributed by atoms with Crippen LogP contribution in [0.15, 0.2) is 88.9 Å². The molecule has 9 nitrogen and oxygen atoms in total. The minimum absolute atomic E-state index is 0.0338. The van der Waals surface area contributed by atoms with Crippen LogP contribution >= 0.6 is 0 Å². The number of benzene rings is 2. The van der Waals surface area contributed by atoms with E-state index in [1.165, 1.54) is 18.5 Å². The van der Waals surface area contributed by atoms with Gasteiger partial charge >= 0.3 is 10.1 Å². The molecule has 2 heterocycles. The molecule has 0 saturated carbocycles. The van der Waals surface area contributed by atoms with Gasteiger partial charge in [-0.15, -0.1) is 0 Å². The summed E-state index contributed by atoms with van der Waals surface area (Å²) < 4.78 is 86.3. The summed E-state index contributed by atoms with van der Waals surface area (Å²) in [5.41, 5.74) is 0.533. The molecular formula is C25H22F2N4O5S2. The standard InChI is InChI=1S/C25H22F2N4O5S2/c1-16(2)24(31-37(32,33)20-9-5-18(26)6-10-20)22-14-23(30-25(29-22)17-4-3-13-28-15-17)36-38(34,35)21-11-7-19(27)8-12-21/h3-16,24,31H,1-2H3/t24-/m0/s1. The molecule has 0 radical (unpaired) electrons. The van der Waals surface area contributed by atoms with Gasteiger partial charge in [-0.1, -0.05) is 13.8 Å². The van der Waals surface area contributed by atoms with E-state index in [2.05, 4.69) is 19.7 Å². The van der Waals surface area contributed by atoms with Crippen molar-refractivity contribution in [1.29, 1.82) is 0 Å². The fourth-order valence-corrected chi connectivity index (χ4v) is 5.65. The number of pyridine rings is 1. The zero-order chi connectivity index (χ0) is 27.5. The summed E-state index contributed by atoms with van der Waals surface area (Å²) in [6.07, 6.45) is 2.97. The summed E-state index contributed by atoms with van der Waals surface area (Å²) >= 11 is 0. The minimum Gasteiger partial charge on any atom is -0.358 e. The van der Waals surface area contributed by atoms with Crippen molar-refractivity contribution in [3.63, 3.8) is 0 Å². The summed E-state index contributed by atoms with van der Waals surface area (Å²) in [5, 5.41) is 0. The first kappa shape index (κ1) is 27.2. The fraction of sp³-hybridized carbons (Fsp3) is 0.160. The predicted octanol–water partition coefficient (Wildman–Crippen LogP) is 4.26. The van der Waals surface area contributed by atoms with Crippen molar-refractivity contribution in [3.8, 4) is 17.3 Å². The first-order valence-electron chi connectivity index (χ1n) is 11.2. The van der Waals surface area contributed by atoms with Crippen molar-refractivity contribution in [2.24, 2.45) is 5.92 Å². The Labute approximate surface area is 218 Å². The Morgan fingerprint density at radius 2 is 1.45 bits per heavy atom. The molecule has 4 rings (SSSR count). The summed E-state index contributed by atoms with van der Waals surface area (Å²) in [6, 6.07) is 11.8. The molecular weight excluding hydrogens is 538 g/mol. The van der Waals surface area contributed by atoms with Gasteiger partial charge in [0.05, 0.1) is 16.6 Å². The average molecular weight is 561 g/mol. The summed E-state index contributed by atoms with van der Waals surface area (Å²) in [6.45, 7) is 3.47. The van der Waals surface area contributed by atoms with Crippen molar-refractivity contribution in [3.05, 3.63) is 96.5 Å². The topological polar surface area (TPSA) is 128 Å². The van der Waals surface area contributed by atoms with Gasteiger partial charge in [0.1, 0.15) is 16.5 Å². The first-order chi connectivity index (χ1) is 17.9. The quantitative estimate of drug-likeness (QED) is 0.301. The van der Waals surface area contributed by atoms with E-state index >= 15 is 0 Å².